The van der Waals surface area contributed by atoms with E-state index < -0.39 is 4.92 Å². The van der Waals surface area contributed by atoms with Gasteiger partial charge in [-0.15, -0.1) is 0 Å². The average molecular weight is 344 g/mol. The molecule has 0 spiro atoms. The molecule has 0 aliphatic rings. The van der Waals surface area contributed by atoms with Crippen molar-refractivity contribution in [3.8, 4) is 0 Å². The minimum Gasteiger partial charge on any atom is -0.339 e. The van der Waals surface area contributed by atoms with Gasteiger partial charge >= 0.3 is 0 Å². The van der Waals surface area contributed by atoms with E-state index in [4.69, 9.17) is 0 Å². The molecule has 2 aromatic carbocycles. The van der Waals surface area contributed by atoms with Crippen LogP contribution < -0.4 is 0 Å². The first kappa shape index (κ1) is 18.0. The summed E-state index contributed by atoms with van der Waals surface area (Å²) in [5.74, 6) is -0.222. The maximum Gasteiger partial charge on any atom is 0.284 e. The van der Waals surface area contributed by atoms with Gasteiger partial charge in [0.05, 0.1) is 9.82 Å². The second-order valence-corrected chi connectivity index (χ2v) is 6.98. The van der Waals surface area contributed by atoms with Gasteiger partial charge in [0.25, 0.3) is 11.6 Å². The van der Waals surface area contributed by atoms with Gasteiger partial charge < -0.3 is 4.90 Å². The van der Waals surface area contributed by atoms with Gasteiger partial charge in [0.1, 0.15) is 0 Å². The number of rotatable bonds is 5. The first-order valence-electron chi connectivity index (χ1n) is 7.59. The number of carbonyl (C=O) groups excluding carboxylic acids is 1. The molecule has 6 heteroatoms. The van der Waals surface area contributed by atoms with Crippen LogP contribution in [0, 0.1) is 17.0 Å². The first-order valence-corrected chi connectivity index (χ1v) is 8.41. The van der Waals surface area contributed by atoms with Crippen molar-refractivity contribution in [2.45, 2.75) is 36.6 Å². The Morgan fingerprint density at radius 3 is 2.33 bits per heavy atom. The Kier molecular flexibility index (Phi) is 5.62. The van der Waals surface area contributed by atoms with Crippen LogP contribution in [0.25, 0.3) is 0 Å². The van der Waals surface area contributed by atoms with E-state index in [2.05, 4.69) is 0 Å². The molecular formula is C18H20N2O3S. The zero-order valence-corrected chi connectivity index (χ0v) is 15.0. The van der Waals surface area contributed by atoms with Crippen LogP contribution in [0.5, 0.6) is 0 Å². The van der Waals surface area contributed by atoms with Crippen molar-refractivity contribution in [2.75, 3.05) is 7.05 Å². The topological polar surface area (TPSA) is 63.5 Å². The molecule has 2 aromatic rings. The van der Waals surface area contributed by atoms with E-state index in [1.54, 1.807) is 24.1 Å². The monoisotopic (exact) mass is 344 g/mol. The molecule has 2 rings (SSSR count). The third kappa shape index (κ3) is 4.14. The van der Waals surface area contributed by atoms with Gasteiger partial charge in [-0.05, 0) is 45.0 Å². The Bertz CT molecular complexity index is 757. The molecule has 24 heavy (non-hydrogen) atoms. The van der Waals surface area contributed by atoms with E-state index in [-0.39, 0.29) is 17.6 Å². The summed E-state index contributed by atoms with van der Waals surface area (Å²) in [5, 5.41) is 11.4. The lowest BCUT2D eigenvalue weighted by Gasteiger charge is -2.21. The van der Waals surface area contributed by atoms with Gasteiger partial charge in [0, 0.05) is 29.6 Å². The fraction of sp³-hybridized carbons (Fsp3) is 0.278. The van der Waals surface area contributed by atoms with Gasteiger partial charge in [0.2, 0.25) is 0 Å². The number of nitro groups is 1. The van der Waals surface area contributed by atoms with E-state index in [0.29, 0.717) is 10.5 Å². The smallest absolute Gasteiger partial charge is 0.284 e. The molecule has 0 heterocycles. The van der Waals surface area contributed by atoms with Crippen LogP contribution in [-0.2, 0) is 0 Å². The van der Waals surface area contributed by atoms with E-state index in [9.17, 15) is 14.9 Å². The summed E-state index contributed by atoms with van der Waals surface area (Å²) in [5.41, 5.74) is 1.40. The summed E-state index contributed by atoms with van der Waals surface area (Å²) < 4.78 is 0. The van der Waals surface area contributed by atoms with Crippen LogP contribution in [0.3, 0.4) is 0 Å². The molecule has 0 N–H and O–H groups in total. The minimum atomic E-state index is -0.442. The van der Waals surface area contributed by atoms with E-state index in [1.807, 2.05) is 45.0 Å². The number of benzene rings is 2. The molecule has 0 radical (unpaired) electrons. The van der Waals surface area contributed by atoms with Crippen molar-refractivity contribution >= 4 is 23.4 Å². The first-order chi connectivity index (χ1) is 11.3. The second-order valence-electron chi connectivity index (χ2n) is 5.86. The van der Waals surface area contributed by atoms with Crippen molar-refractivity contribution in [3.63, 3.8) is 0 Å². The normalized spacial score (nSPS) is 10.7. The van der Waals surface area contributed by atoms with Gasteiger partial charge in [-0.3, -0.25) is 14.9 Å². The lowest BCUT2D eigenvalue weighted by Crippen LogP contribution is -2.32. The molecule has 0 aromatic heterocycles. The van der Waals surface area contributed by atoms with Crippen LogP contribution in [0.15, 0.2) is 52.3 Å². The molecule has 0 atom stereocenters. The summed E-state index contributed by atoms with van der Waals surface area (Å²) in [6.45, 7) is 5.78. The molecule has 0 bridgehead atoms. The van der Waals surface area contributed by atoms with Crippen molar-refractivity contribution in [3.05, 3.63) is 63.7 Å². The minimum absolute atomic E-state index is 0.0261. The highest BCUT2D eigenvalue weighted by atomic mass is 32.2. The molecule has 0 aliphatic heterocycles. The maximum absolute atomic E-state index is 12.4. The Morgan fingerprint density at radius 1 is 1.17 bits per heavy atom. The van der Waals surface area contributed by atoms with Crippen molar-refractivity contribution in [1.82, 2.24) is 4.90 Å². The molecule has 0 fully saturated rings. The molecule has 0 saturated heterocycles. The zero-order valence-electron chi connectivity index (χ0n) is 14.1. The fourth-order valence-corrected chi connectivity index (χ4v) is 2.95. The summed E-state index contributed by atoms with van der Waals surface area (Å²) in [4.78, 5) is 26.3. The maximum atomic E-state index is 12.4. The SMILES string of the molecule is Cc1ccc(Sc2ccc(C(=O)N(C)C(C)C)cc2[N+](=O)[O-])cc1. The summed E-state index contributed by atoms with van der Waals surface area (Å²) in [7, 11) is 1.69. The van der Waals surface area contributed by atoms with E-state index >= 15 is 0 Å². The summed E-state index contributed by atoms with van der Waals surface area (Å²) in [6, 6.07) is 12.4. The number of nitro benzene ring substituents is 1. The van der Waals surface area contributed by atoms with Gasteiger partial charge in [-0.2, -0.15) is 0 Å². The lowest BCUT2D eigenvalue weighted by atomic mass is 10.1. The van der Waals surface area contributed by atoms with Gasteiger partial charge in [-0.1, -0.05) is 29.5 Å². The van der Waals surface area contributed by atoms with E-state index in [0.717, 1.165) is 10.5 Å². The molecule has 0 aliphatic carbocycles. The number of carbonyl (C=O) groups is 1. The molecule has 1 amide bonds. The predicted molar refractivity (Wildman–Crippen MR) is 95.6 cm³/mol. The molecular weight excluding hydrogens is 324 g/mol. The predicted octanol–water partition coefficient (Wildman–Crippen LogP) is 4.53. The number of hydrogen-bond acceptors (Lipinski definition) is 4. The Morgan fingerprint density at radius 2 is 1.79 bits per heavy atom. The van der Waals surface area contributed by atoms with Crippen molar-refractivity contribution in [2.24, 2.45) is 0 Å². The van der Waals surface area contributed by atoms with Crippen LogP contribution in [0.1, 0.15) is 29.8 Å². The fourth-order valence-electron chi connectivity index (χ4n) is 2.05. The van der Waals surface area contributed by atoms with Crippen molar-refractivity contribution in [1.29, 1.82) is 0 Å². The Balaban J connectivity index is 2.35. The highest BCUT2D eigenvalue weighted by molar-refractivity contribution is 7.99. The van der Waals surface area contributed by atoms with Gasteiger partial charge in [0.15, 0.2) is 0 Å². The standard InChI is InChI=1S/C18H20N2O3S/c1-12(2)19(4)18(21)14-7-10-17(16(11-14)20(22)23)24-15-8-5-13(3)6-9-15/h5-12H,1-4H3. The number of hydrogen-bond donors (Lipinski definition) is 0. The number of amides is 1. The average Bonchev–Trinajstić information content (AvgIpc) is 2.55. The van der Waals surface area contributed by atoms with Crippen LogP contribution >= 0.6 is 11.8 Å². The Hall–Kier alpha value is -2.34. The van der Waals surface area contributed by atoms with Gasteiger partial charge in [-0.25, -0.2) is 0 Å². The lowest BCUT2D eigenvalue weighted by molar-refractivity contribution is -0.387. The van der Waals surface area contributed by atoms with Crippen LogP contribution in [-0.4, -0.2) is 28.8 Å². The number of aryl methyl sites for hydroxylation is 1. The second kappa shape index (κ2) is 7.49. The Labute approximate surface area is 145 Å². The highest BCUT2D eigenvalue weighted by Crippen LogP contribution is 2.35. The zero-order chi connectivity index (χ0) is 17.9. The van der Waals surface area contributed by atoms with E-state index in [1.165, 1.54) is 17.8 Å². The summed E-state index contributed by atoms with van der Waals surface area (Å²) in [6.07, 6.45) is 0. The molecule has 0 saturated carbocycles. The number of nitrogens with zero attached hydrogens (tertiary/aromatic N) is 2. The third-order valence-electron chi connectivity index (χ3n) is 3.75. The van der Waals surface area contributed by atoms with Crippen molar-refractivity contribution < 1.29 is 9.72 Å². The molecule has 0 unspecified atom stereocenters. The summed E-state index contributed by atoms with van der Waals surface area (Å²) >= 11 is 1.32. The molecule has 126 valence electrons. The highest BCUT2D eigenvalue weighted by Gasteiger charge is 2.21. The quantitative estimate of drug-likeness (QED) is 0.590. The third-order valence-corrected chi connectivity index (χ3v) is 4.82. The molecule has 5 nitrogen and oxygen atoms in total. The largest absolute Gasteiger partial charge is 0.339 e. The van der Waals surface area contributed by atoms with Crippen LogP contribution in [0.2, 0.25) is 0 Å². The van der Waals surface area contributed by atoms with Crippen LogP contribution in [0.4, 0.5) is 5.69 Å².